The summed E-state index contributed by atoms with van der Waals surface area (Å²) in [6.07, 6.45) is -2.91. The van der Waals surface area contributed by atoms with Crippen molar-refractivity contribution < 1.29 is 23.0 Å². The van der Waals surface area contributed by atoms with Gasteiger partial charge in [-0.15, -0.1) is 0 Å². The molecule has 12 heteroatoms. The van der Waals surface area contributed by atoms with E-state index in [-0.39, 0.29) is 38.2 Å². The number of nitrogens with zero attached hydrogens (tertiary/aromatic N) is 4. The van der Waals surface area contributed by atoms with Gasteiger partial charge in [0.2, 0.25) is 5.88 Å². The number of ether oxygens (including phenoxy) is 1. The van der Waals surface area contributed by atoms with Crippen molar-refractivity contribution in [3.63, 3.8) is 0 Å². The summed E-state index contributed by atoms with van der Waals surface area (Å²) in [4.78, 5) is 11.1. The Morgan fingerprint density at radius 2 is 1.88 bits per heavy atom. The average molecular weight is 579 g/mol. The summed E-state index contributed by atoms with van der Waals surface area (Å²) in [5.41, 5.74) is 7.74. The number of alkyl halides is 3. The highest BCUT2D eigenvalue weighted by Crippen LogP contribution is 2.42. The predicted molar refractivity (Wildman–Crippen MR) is 148 cm³/mol. The van der Waals surface area contributed by atoms with E-state index in [0.717, 1.165) is 5.69 Å². The van der Waals surface area contributed by atoms with Crippen molar-refractivity contribution in [2.24, 2.45) is 17.5 Å². The van der Waals surface area contributed by atoms with Crippen molar-refractivity contribution in [3.8, 4) is 5.88 Å². The number of likely N-dealkylation sites (tertiary alicyclic amines) is 1. The molecule has 0 aliphatic carbocycles. The number of piperidine rings is 1. The summed E-state index contributed by atoms with van der Waals surface area (Å²) in [6, 6.07) is 8.70. The number of fused-ring (bicyclic) bond motifs is 1. The Hall–Kier alpha value is -3.12. The van der Waals surface area contributed by atoms with Gasteiger partial charge in [0.25, 0.3) is 0 Å². The van der Waals surface area contributed by atoms with Gasteiger partial charge in [-0.25, -0.2) is 10.8 Å². The third kappa shape index (κ3) is 5.56. The van der Waals surface area contributed by atoms with Crippen molar-refractivity contribution in [2.45, 2.75) is 45.0 Å². The molecule has 0 amide bonds. The van der Waals surface area contributed by atoms with E-state index in [1.165, 1.54) is 18.3 Å². The van der Waals surface area contributed by atoms with E-state index in [4.69, 9.17) is 27.9 Å². The quantitative estimate of drug-likeness (QED) is 0.277. The maximum Gasteiger partial charge on any atom is 0.391 e. The fourth-order valence-electron chi connectivity index (χ4n) is 5.42. The number of nitrogens with two attached hydrogens (primary N) is 2. The Balaban J connectivity index is 1.82. The van der Waals surface area contributed by atoms with Gasteiger partial charge in [0.15, 0.2) is 5.60 Å². The zero-order chi connectivity index (χ0) is 29.4. The number of aryl methyl sites for hydroxylation is 2. The molecule has 1 atom stereocenters. The van der Waals surface area contributed by atoms with Gasteiger partial charge in [0.05, 0.1) is 29.3 Å². The standard InChI is InChI=1S/C28H34ClF3N6O2/c1-16-5-7-22(17(2)35-16)27(39,24(14-33)37(3)34)19-6-8-23-20(13-19)25(29)21(26(36-23)40-4)15-38-11-9-18(10-12-38)28(30,31)32/h5-8,13-14,18,39H,9-12,15,33-34H2,1-4H3/b24-14-. The highest BCUT2D eigenvalue weighted by atomic mass is 35.5. The minimum absolute atomic E-state index is 0.0202. The molecule has 1 aromatic carbocycles. The third-order valence-electron chi connectivity index (χ3n) is 7.54. The Bertz CT molecular complexity index is 1420. The fourth-order valence-corrected chi connectivity index (χ4v) is 5.71. The van der Waals surface area contributed by atoms with Crippen molar-refractivity contribution >= 4 is 22.5 Å². The second kappa shape index (κ2) is 11.4. The van der Waals surface area contributed by atoms with Crippen molar-refractivity contribution in [1.29, 1.82) is 0 Å². The molecule has 0 bridgehead atoms. The number of hydrazine groups is 1. The van der Waals surface area contributed by atoms with Crippen molar-refractivity contribution in [3.05, 3.63) is 75.3 Å². The number of likely N-dealkylation sites (N-methyl/N-ethyl adjacent to an activating group) is 1. The first-order valence-corrected chi connectivity index (χ1v) is 13.2. The van der Waals surface area contributed by atoms with Gasteiger partial charge in [-0.05, 0) is 63.5 Å². The van der Waals surface area contributed by atoms with Crippen LogP contribution in [0, 0.1) is 19.8 Å². The highest BCUT2D eigenvalue weighted by molar-refractivity contribution is 6.36. The molecule has 3 heterocycles. The molecule has 4 rings (SSSR count). The fraction of sp³-hybridized carbons (Fsp3) is 0.429. The summed E-state index contributed by atoms with van der Waals surface area (Å²) in [7, 11) is 3.04. The smallest absolute Gasteiger partial charge is 0.391 e. The van der Waals surface area contributed by atoms with E-state index in [0.29, 0.717) is 44.2 Å². The average Bonchev–Trinajstić information content (AvgIpc) is 2.89. The molecule has 1 aliphatic heterocycles. The van der Waals surface area contributed by atoms with Crippen molar-refractivity contribution in [2.75, 3.05) is 27.2 Å². The molecular weight excluding hydrogens is 545 g/mol. The summed E-state index contributed by atoms with van der Waals surface area (Å²) in [5, 5.41) is 14.4. The Morgan fingerprint density at radius 1 is 1.20 bits per heavy atom. The number of halogens is 4. The van der Waals surface area contributed by atoms with E-state index < -0.39 is 17.7 Å². The zero-order valence-corrected chi connectivity index (χ0v) is 23.6. The summed E-state index contributed by atoms with van der Waals surface area (Å²) in [5.74, 6) is 5.10. The van der Waals surface area contributed by atoms with Crippen LogP contribution in [0.4, 0.5) is 13.2 Å². The first-order valence-electron chi connectivity index (χ1n) is 12.8. The Kier molecular flexibility index (Phi) is 8.51. The van der Waals surface area contributed by atoms with Gasteiger partial charge in [-0.3, -0.25) is 9.88 Å². The van der Waals surface area contributed by atoms with Gasteiger partial charge < -0.3 is 20.6 Å². The monoisotopic (exact) mass is 578 g/mol. The molecule has 1 fully saturated rings. The number of hydrogen-bond acceptors (Lipinski definition) is 8. The number of hydrogen-bond donors (Lipinski definition) is 3. The number of benzene rings is 1. The topological polar surface area (TPSA) is 114 Å². The van der Waals surface area contributed by atoms with Gasteiger partial charge in [-0.1, -0.05) is 23.7 Å². The SMILES string of the molecule is COc1nc2ccc(C(O)(/C(=C/N)N(C)N)c3ccc(C)nc3C)cc2c(Cl)c1CN1CCC(C(F)(F)F)CC1. The lowest BCUT2D eigenvalue weighted by atomic mass is 9.81. The molecule has 0 spiro atoms. The van der Waals surface area contributed by atoms with E-state index in [9.17, 15) is 18.3 Å². The molecule has 0 radical (unpaired) electrons. The van der Waals surface area contributed by atoms with Crippen LogP contribution in [0.2, 0.25) is 5.02 Å². The lowest BCUT2D eigenvalue weighted by Crippen LogP contribution is -2.42. The predicted octanol–water partition coefficient (Wildman–Crippen LogP) is 4.52. The molecule has 0 saturated carbocycles. The number of methoxy groups -OCH3 is 1. The molecule has 3 aromatic rings. The van der Waals surface area contributed by atoms with Crippen LogP contribution in [0.3, 0.4) is 0 Å². The second-order valence-corrected chi connectivity index (χ2v) is 10.6. The van der Waals surface area contributed by atoms with Crippen LogP contribution in [-0.2, 0) is 12.1 Å². The molecule has 8 nitrogen and oxygen atoms in total. The second-order valence-electron chi connectivity index (χ2n) is 10.2. The molecular formula is C28H34ClF3N6O2. The molecule has 216 valence electrons. The third-order valence-corrected chi connectivity index (χ3v) is 7.98. The van der Waals surface area contributed by atoms with Crippen LogP contribution in [0.25, 0.3) is 10.9 Å². The number of pyridine rings is 2. The van der Waals surface area contributed by atoms with E-state index in [2.05, 4.69) is 9.97 Å². The maximum absolute atomic E-state index is 13.2. The van der Waals surface area contributed by atoms with Crippen LogP contribution < -0.4 is 16.3 Å². The maximum atomic E-state index is 13.2. The first-order chi connectivity index (χ1) is 18.8. The van der Waals surface area contributed by atoms with Crippen LogP contribution in [-0.4, -0.2) is 58.4 Å². The van der Waals surface area contributed by atoms with Gasteiger partial charge >= 0.3 is 6.18 Å². The van der Waals surface area contributed by atoms with Crippen LogP contribution >= 0.6 is 11.6 Å². The minimum Gasteiger partial charge on any atom is -0.481 e. The molecule has 40 heavy (non-hydrogen) atoms. The molecule has 1 aliphatic rings. The Labute approximate surface area is 236 Å². The van der Waals surface area contributed by atoms with Crippen LogP contribution in [0.1, 0.15) is 40.9 Å². The summed E-state index contributed by atoms with van der Waals surface area (Å²) < 4.78 is 45.0. The van der Waals surface area contributed by atoms with Crippen LogP contribution in [0.15, 0.2) is 42.2 Å². The van der Waals surface area contributed by atoms with E-state index in [1.54, 1.807) is 44.3 Å². The number of rotatable bonds is 7. The number of aliphatic hydroxyl groups is 1. The number of aromatic nitrogens is 2. The lowest BCUT2D eigenvalue weighted by molar-refractivity contribution is -0.185. The normalized spacial score (nSPS) is 17.2. The molecule has 2 aromatic heterocycles. The highest BCUT2D eigenvalue weighted by Gasteiger charge is 2.42. The van der Waals surface area contributed by atoms with Gasteiger partial charge in [0, 0.05) is 47.7 Å². The Morgan fingerprint density at radius 3 is 2.42 bits per heavy atom. The lowest BCUT2D eigenvalue weighted by Gasteiger charge is -2.36. The largest absolute Gasteiger partial charge is 0.481 e. The van der Waals surface area contributed by atoms with Gasteiger partial charge in [0.1, 0.15) is 0 Å². The molecule has 1 saturated heterocycles. The minimum atomic E-state index is -4.20. The summed E-state index contributed by atoms with van der Waals surface area (Å²) >= 11 is 6.95. The van der Waals surface area contributed by atoms with Crippen molar-refractivity contribution in [1.82, 2.24) is 19.9 Å². The first kappa shape index (κ1) is 29.9. The van der Waals surface area contributed by atoms with Crippen LogP contribution in [0.5, 0.6) is 5.88 Å². The summed E-state index contributed by atoms with van der Waals surface area (Å²) in [6.45, 7) is 4.46. The molecule has 1 unspecified atom stereocenters. The van der Waals surface area contributed by atoms with Gasteiger partial charge in [-0.2, -0.15) is 13.2 Å². The molecule has 5 N–H and O–H groups in total. The van der Waals surface area contributed by atoms with E-state index >= 15 is 0 Å². The van der Waals surface area contributed by atoms with E-state index in [1.807, 2.05) is 11.8 Å². The zero-order valence-electron chi connectivity index (χ0n) is 22.9.